The molecule has 1 heterocycles. The van der Waals surface area contributed by atoms with E-state index in [1.165, 1.54) is 0 Å². The predicted octanol–water partition coefficient (Wildman–Crippen LogP) is 2.05. The zero-order valence-electron chi connectivity index (χ0n) is 9.50. The van der Waals surface area contributed by atoms with Crippen LogP contribution in [0, 0.1) is 18.3 Å². The van der Waals surface area contributed by atoms with E-state index in [-0.39, 0.29) is 6.04 Å². The van der Waals surface area contributed by atoms with E-state index in [4.69, 9.17) is 11.6 Å². The van der Waals surface area contributed by atoms with Crippen LogP contribution in [-0.2, 0) is 0 Å². The number of hydrogen-bond donors (Lipinski definition) is 1. The van der Waals surface area contributed by atoms with Gasteiger partial charge >= 0.3 is 0 Å². The van der Waals surface area contributed by atoms with Gasteiger partial charge in [0.2, 0.25) is 0 Å². The monoisotopic (exact) mass is 238 g/mol. The highest BCUT2D eigenvalue weighted by molar-refractivity contribution is 6.31. The van der Waals surface area contributed by atoms with Crippen LogP contribution in [0.4, 0.5) is 0 Å². The SMILES string of the molecule is CNC1(C#N)CCC(n2cc(Cl)c(C)n2)C1. The molecule has 0 aromatic carbocycles. The van der Waals surface area contributed by atoms with Gasteiger partial charge in [0.1, 0.15) is 5.54 Å². The van der Waals surface area contributed by atoms with Crippen molar-refractivity contribution in [2.24, 2.45) is 0 Å². The highest BCUT2D eigenvalue weighted by atomic mass is 35.5. The summed E-state index contributed by atoms with van der Waals surface area (Å²) in [7, 11) is 1.84. The molecule has 1 aromatic rings. The molecule has 1 aliphatic rings. The van der Waals surface area contributed by atoms with Crippen molar-refractivity contribution >= 4 is 11.6 Å². The Labute approximate surface area is 100 Å². The Kier molecular flexibility index (Phi) is 2.92. The maximum absolute atomic E-state index is 9.17. The summed E-state index contributed by atoms with van der Waals surface area (Å²) < 4.78 is 1.90. The fourth-order valence-corrected chi connectivity index (χ4v) is 2.41. The molecule has 0 aliphatic heterocycles. The van der Waals surface area contributed by atoms with Crippen molar-refractivity contribution in [2.45, 2.75) is 37.8 Å². The van der Waals surface area contributed by atoms with Crippen LogP contribution >= 0.6 is 11.6 Å². The summed E-state index contributed by atoms with van der Waals surface area (Å²) in [6.45, 7) is 1.89. The van der Waals surface area contributed by atoms with Crippen LogP contribution in [0.1, 0.15) is 31.0 Å². The lowest BCUT2D eigenvalue weighted by atomic mass is 10.0. The number of aryl methyl sites for hydroxylation is 1. The van der Waals surface area contributed by atoms with Crippen LogP contribution in [0.3, 0.4) is 0 Å². The van der Waals surface area contributed by atoms with Gasteiger partial charge < -0.3 is 5.32 Å². The van der Waals surface area contributed by atoms with E-state index in [0.717, 1.165) is 25.0 Å². The van der Waals surface area contributed by atoms with Gasteiger partial charge in [0.15, 0.2) is 0 Å². The third-order valence-electron chi connectivity index (χ3n) is 3.41. The van der Waals surface area contributed by atoms with E-state index in [9.17, 15) is 5.26 Å². The lowest BCUT2D eigenvalue weighted by molar-refractivity contribution is 0.409. The van der Waals surface area contributed by atoms with Crippen LogP contribution in [0.15, 0.2) is 6.20 Å². The van der Waals surface area contributed by atoms with Crippen molar-refractivity contribution in [1.29, 1.82) is 5.26 Å². The molecule has 0 radical (unpaired) electrons. The molecule has 1 aliphatic carbocycles. The summed E-state index contributed by atoms with van der Waals surface area (Å²) in [4.78, 5) is 0. The number of halogens is 1. The highest BCUT2D eigenvalue weighted by Gasteiger charge is 2.39. The molecule has 86 valence electrons. The van der Waals surface area contributed by atoms with Crippen molar-refractivity contribution in [3.63, 3.8) is 0 Å². The number of rotatable bonds is 2. The van der Waals surface area contributed by atoms with Crippen molar-refractivity contribution in [1.82, 2.24) is 15.1 Å². The van der Waals surface area contributed by atoms with Crippen LogP contribution in [-0.4, -0.2) is 22.4 Å². The molecule has 5 heteroatoms. The smallest absolute Gasteiger partial charge is 0.108 e. The number of nitriles is 1. The summed E-state index contributed by atoms with van der Waals surface area (Å²) in [5.74, 6) is 0. The van der Waals surface area contributed by atoms with Crippen LogP contribution in [0.25, 0.3) is 0 Å². The Hall–Kier alpha value is -1.05. The second-order valence-electron chi connectivity index (χ2n) is 4.38. The molecule has 0 saturated heterocycles. The maximum Gasteiger partial charge on any atom is 0.108 e. The minimum Gasteiger partial charge on any atom is -0.302 e. The van der Waals surface area contributed by atoms with Crippen molar-refractivity contribution in [2.75, 3.05) is 7.05 Å². The summed E-state index contributed by atoms with van der Waals surface area (Å²) in [6, 6.07) is 2.64. The first-order valence-electron chi connectivity index (χ1n) is 5.41. The van der Waals surface area contributed by atoms with E-state index in [2.05, 4.69) is 16.5 Å². The molecule has 1 saturated carbocycles. The minimum atomic E-state index is -0.392. The molecule has 1 aromatic heterocycles. The van der Waals surface area contributed by atoms with Crippen LogP contribution in [0.2, 0.25) is 5.02 Å². The second kappa shape index (κ2) is 4.08. The first-order chi connectivity index (χ1) is 7.60. The van der Waals surface area contributed by atoms with E-state index >= 15 is 0 Å². The molecular formula is C11H15ClN4. The van der Waals surface area contributed by atoms with Gasteiger partial charge in [-0.25, -0.2) is 0 Å². The van der Waals surface area contributed by atoms with Crippen LogP contribution in [0.5, 0.6) is 0 Å². The standard InChI is InChI=1S/C11H15ClN4/c1-8-10(12)6-16(15-8)9-3-4-11(5-9,7-13)14-2/h6,9,14H,3-5H2,1-2H3. The summed E-state index contributed by atoms with van der Waals surface area (Å²) >= 11 is 5.98. The van der Waals surface area contributed by atoms with Gasteiger partial charge in [0.25, 0.3) is 0 Å². The lowest BCUT2D eigenvalue weighted by Gasteiger charge is -2.19. The van der Waals surface area contributed by atoms with Gasteiger partial charge in [-0.2, -0.15) is 10.4 Å². The average Bonchev–Trinajstić information content (AvgIpc) is 2.85. The fourth-order valence-electron chi connectivity index (χ4n) is 2.28. The Morgan fingerprint density at radius 3 is 2.94 bits per heavy atom. The van der Waals surface area contributed by atoms with Gasteiger partial charge in [-0.15, -0.1) is 0 Å². The zero-order valence-corrected chi connectivity index (χ0v) is 10.3. The highest BCUT2D eigenvalue weighted by Crippen LogP contribution is 2.37. The van der Waals surface area contributed by atoms with Gasteiger partial charge in [0, 0.05) is 12.6 Å². The lowest BCUT2D eigenvalue weighted by Crippen LogP contribution is -2.38. The first-order valence-corrected chi connectivity index (χ1v) is 5.79. The molecule has 2 rings (SSSR count). The molecule has 1 fully saturated rings. The Bertz CT molecular complexity index is 414. The van der Waals surface area contributed by atoms with Crippen molar-refractivity contribution < 1.29 is 0 Å². The molecule has 4 nitrogen and oxygen atoms in total. The van der Waals surface area contributed by atoms with Gasteiger partial charge in [-0.1, -0.05) is 11.6 Å². The average molecular weight is 239 g/mol. The molecular weight excluding hydrogens is 224 g/mol. The molecule has 0 spiro atoms. The van der Waals surface area contributed by atoms with E-state index in [1.54, 1.807) is 0 Å². The predicted molar refractivity (Wildman–Crippen MR) is 62.3 cm³/mol. The second-order valence-corrected chi connectivity index (χ2v) is 4.79. The Morgan fingerprint density at radius 2 is 2.50 bits per heavy atom. The van der Waals surface area contributed by atoms with E-state index in [0.29, 0.717) is 5.02 Å². The Morgan fingerprint density at radius 1 is 1.75 bits per heavy atom. The minimum absolute atomic E-state index is 0.276. The molecule has 0 amide bonds. The zero-order chi connectivity index (χ0) is 11.8. The third kappa shape index (κ3) is 1.81. The van der Waals surface area contributed by atoms with Gasteiger partial charge in [-0.3, -0.25) is 4.68 Å². The summed E-state index contributed by atoms with van der Waals surface area (Å²) in [5, 5.41) is 17.4. The fraction of sp³-hybridized carbons (Fsp3) is 0.636. The largest absolute Gasteiger partial charge is 0.302 e. The maximum atomic E-state index is 9.17. The number of nitrogens with one attached hydrogen (secondary N) is 1. The summed E-state index contributed by atoms with van der Waals surface area (Å²) in [5.41, 5.74) is 0.456. The molecule has 16 heavy (non-hydrogen) atoms. The number of aromatic nitrogens is 2. The molecule has 1 N–H and O–H groups in total. The Balaban J connectivity index is 2.18. The van der Waals surface area contributed by atoms with Crippen molar-refractivity contribution in [3.05, 3.63) is 16.9 Å². The van der Waals surface area contributed by atoms with E-state index in [1.807, 2.05) is 24.9 Å². The third-order valence-corrected chi connectivity index (χ3v) is 3.78. The quantitative estimate of drug-likeness (QED) is 0.858. The van der Waals surface area contributed by atoms with Gasteiger partial charge in [0.05, 0.1) is 22.8 Å². The van der Waals surface area contributed by atoms with E-state index < -0.39 is 5.54 Å². The summed E-state index contributed by atoms with van der Waals surface area (Å²) in [6.07, 6.45) is 4.47. The molecule has 0 bridgehead atoms. The first kappa shape index (κ1) is 11.4. The molecule has 2 atom stereocenters. The number of nitrogens with zero attached hydrogens (tertiary/aromatic N) is 3. The normalized spacial score (nSPS) is 29.2. The topological polar surface area (TPSA) is 53.6 Å². The van der Waals surface area contributed by atoms with Crippen LogP contribution < -0.4 is 5.32 Å². The van der Waals surface area contributed by atoms with Gasteiger partial charge in [-0.05, 0) is 26.8 Å². The molecule has 2 unspecified atom stereocenters. The number of hydrogen-bond acceptors (Lipinski definition) is 3. The van der Waals surface area contributed by atoms with Crippen molar-refractivity contribution in [3.8, 4) is 6.07 Å².